The van der Waals surface area contributed by atoms with Crippen LogP contribution in [0, 0.1) is 11.8 Å². The Morgan fingerprint density at radius 2 is 1.91 bits per heavy atom. The number of carbonyl (C=O) groups excluding carboxylic acids is 2. The number of hydrogen-bond donors (Lipinski definition) is 0. The second kappa shape index (κ2) is 5.62. The zero-order chi connectivity index (χ0) is 16.0. The number of thiazole rings is 1. The Morgan fingerprint density at radius 3 is 2.59 bits per heavy atom. The predicted octanol–water partition coefficient (Wildman–Crippen LogP) is 2.26. The lowest BCUT2D eigenvalue weighted by molar-refractivity contribution is 0.0937. The fraction of sp³-hybridized carbons (Fsp3) is 0.667. The van der Waals surface area contributed by atoms with Gasteiger partial charge in [0.2, 0.25) is 0 Å². The van der Waals surface area contributed by atoms with Crippen molar-refractivity contribution in [3.63, 3.8) is 0 Å². The third kappa shape index (κ3) is 2.63. The minimum atomic E-state index is -0.0583. The van der Waals surface area contributed by atoms with Gasteiger partial charge in [0.1, 0.15) is 0 Å². The normalized spacial score (nSPS) is 23.4. The van der Waals surface area contributed by atoms with E-state index in [9.17, 15) is 9.59 Å². The quantitative estimate of drug-likeness (QED) is 0.838. The van der Waals surface area contributed by atoms with Crippen LogP contribution in [0.25, 0.3) is 0 Å². The molecule has 0 radical (unpaired) electrons. The van der Waals surface area contributed by atoms with Crippen molar-refractivity contribution in [1.82, 2.24) is 14.8 Å². The number of amides is 2. The summed E-state index contributed by atoms with van der Waals surface area (Å²) in [7, 11) is 3.74. The lowest BCUT2D eigenvalue weighted by Crippen LogP contribution is -2.55. The number of nitrogens with zero attached hydrogens (tertiary/aromatic N) is 4. The summed E-state index contributed by atoms with van der Waals surface area (Å²) in [5.41, 5.74) is 0.874. The van der Waals surface area contributed by atoms with E-state index in [1.54, 1.807) is 16.8 Å². The van der Waals surface area contributed by atoms with Crippen LogP contribution in [-0.2, 0) is 6.42 Å². The van der Waals surface area contributed by atoms with Crippen LogP contribution in [0.15, 0.2) is 0 Å². The molecule has 0 saturated carbocycles. The third-order valence-electron chi connectivity index (χ3n) is 4.41. The standard InChI is InChI=1S/C15H22N4O2S/c1-9(2)10-5-11-13(12(20)6-10)22-14(16-11)19-8-17(3)7-18(4)15(19)21/h9-10H,5-8H2,1-4H3. The molecule has 1 saturated heterocycles. The summed E-state index contributed by atoms with van der Waals surface area (Å²) in [6.45, 7) is 5.41. The molecule has 6 nitrogen and oxygen atoms in total. The van der Waals surface area contributed by atoms with Crippen LogP contribution in [-0.4, -0.2) is 54.0 Å². The summed E-state index contributed by atoms with van der Waals surface area (Å²) in [6.07, 6.45) is 1.43. The van der Waals surface area contributed by atoms with Crippen LogP contribution in [0.5, 0.6) is 0 Å². The first-order chi connectivity index (χ1) is 10.4. The lowest BCUT2D eigenvalue weighted by atomic mass is 9.82. The fourth-order valence-corrected chi connectivity index (χ4v) is 4.08. The van der Waals surface area contributed by atoms with Gasteiger partial charge in [-0.15, -0.1) is 0 Å². The van der Waals surface area contributed by atoms with Gasteiger partial charge >= 0.3 is 6.03 Å². The van der Waals surface area contributed by atoms with E-state index in [1.165, 1.54) is 11.3 Å². The maximum atomic E-state index is 12.4. The molecule has 1 aliphatic heterocycles. The summed E-state index contributed by atoms with van der Waals surface area (Å²) >= 11 is 1.36. The largest absolute Gasteiger partial charge is 0.328 e. The van der Waals surface area contributed by atoms with E-state index in [2.05, 4.69) is 18.8 Å². The van der Waals surface area contributed by atoms with E-state index in [0.717, 1.165) is 17.0 Å². The maximum Gasteiger partial charge on any atom is 0.328 e. The number of ketones is 1. The van der Waals surface area contributed by atoms with Crippen LogP contribution >= 0.6 is 11.3 Å². The van der Waals surface area contributed by atoms with Crippen LogP contribution in [0.2, 0.25) is 0 Å². The van der Waals surface area contributed by atoms with Crippen LogP contribution in [0.3, 0.4) is 0 Å². The topological polar surface area (TPSA) is 56.8 Å². The van der Waals surface area contributed by atoms with Crippen molar-refractivity contribution in [2.45, 2.75) is 26.7 Å². The molecule has 1 aromatic rings. The van der Waals surface area contributed by atoms with Gasteiger partial charge in [0.15, 0.2) is 10.9 Å². The van der Waals surface area contributed by atoms with Crippen molar-refractivity contribution < 1.29 is 9.59 Å². The van der Waals surface area contributed by atoms with E-state index < -0.39 is 0 Å². The van der Waals surface area contributed by atoms with Crippen molar-refractivity contribution in [2.24, 2.45) is 11.8 Å². The molecule has 1 aliphatic carbocycles. The molecule has 2 heterocycles. The Kier molecular flexibility index (Phi) is 3.94. The molecule has 1 atom stereocenters. The number of Topliss-reactive ketones (excluding diaryl/α,β-unsaturated/α-hetero) is 1. The summed E-state index contributed by atoms with van der Waals surface area (Å²) in [5, 5.41) is 0.645. The highest BCUT2D eigenvalue weighted by Crippen LogP contribution is 2.36. The minimum Gasteiger partial charge on any atom is -0.314 e. The molecule has 0 N–H and O–H groups in total. The predicted molar refractivity (Wildman–Crippen MR) is 86.2 cm³/mol. The fourth-order valence-electron chi connectivity index (χ4n) is 3.05. The van der Waals surface area contributed by atoms with Gasteiger partial charge in [0.05, 0.1) is 23.9 Å². The van der Waals surface area contributed by atoms with Gasteiger partial charge in [-0.3, -0.25) is 14.6 Å². The second-order valence-electron chi connectivity index (χ2n) is 6.66. The molecule has 1 unspecified atom stereocenters. The first kappa shape index (κ1) is 15.4. The number of aromatic nitrogens is 1. The monoisotopic (exact) mass is 322 g/mol. The van der Waals surface area contributed by atoms with Gasteiger partial charge in [-0.05, 0) is 25.3 Å². The Balaban J connectivity index is 1.90. The molecule has 22 heavy (non-hydrogen) atoms. The first-order valence-electron chi connectivity index (χ1n) is 7.61. The van der Waals surface area contributed by atoms with Gasteiger partial charge in [0.25, 0.3) is 0 Å². The molecular formula is C15H22N4O2S. The molecule has 120 valence electrons. The summed E-state index contributed by atoms with van der Waals surface area (Å²) in [6, 6.07) is -0.0583. The molecule has 1 fully saturated rings. The van der Waals surface area contributed by atoms with Crippen molar-refractivity contribution in [2.75, 3.05) is 32.3 Å². The average Bonchev–Trinajstić information content (AvgIpc) is 2.87. The van der Waals surface area contributed by atoms with Gasteiger partial charge < -0.3 is 4.90 Å². The third-order valence-corrected chi connectivity index (χ3v) is 5.57. The molecule has 0 bridgehead atoms. The highest BCUT2D eigenvalue weighted by molar-refractivity contribution is 7.17. The SMILES string of the molecule is CC(C)C1CC(=O)c2sc(N3CN(C)CN(C)C3=O)nc2C1. The Bertz CT molecular complexity index is 613. The number of urea groups is 1. The highest BCUT2D eigenvalue weighted by atomic mass is 32.1. The van der Waals surface area contributed by atoms with Crippen LogP contribution in [0.1, 0.15) is 35.6 Å². The molecule has 3 rings (SSSR count). The molecular weight excluding hydrogens is 300 g/mol. The van der Waals surface area contributed by atoms with Crippen LogP contribution < -0.4 is 4.90 Å². The Labute approximate surface area is 134 Å². The number of rotatable bonds is 2. The number of anilines is 1. The molecule has 2 aliphatic rings. The van der Waals surface area contributed by atoms with Crippen molar-refractivity contribution in [3.8, 4) is 0 Å². The molecule has 2 amide bonds. The number of hydrogen-bond acceptors (Lipinski definition) is 5. The van der Waals surface area contributed by atoms with Gasteiger partial charge in [0, 0.05) is 13.5 Å². The number of carbonyl (C=O) groups is 2. The van der Waals surface area contributed by atoms with Crippen molar-refractivity contribution >= 4 is 28.3 Å². The minimum absolute atomic E-state index is 0.0583. The average molecular weight is 322 g/mol. The second-order valence-corrected chi connectivity index (χ2v) is 7.63. The van der Waals surface area contributed by atoms with E-state index in [-0.39, 0.29) is 11.8 Å². The Morgan fingerprint density at radius 1 is 1.18 bits per heavy atom. The number of fused-ring (bicyclic) bond motifs is 1. The summed E-state index contributed by atoms with van der Waals surface area (Å²) in [5.74, 6) is 1.00. The van der Waals surface area contributed by atoms with E-state index in [1.807, 2.05) is 11.9 Å². The molecule has 0 aromatic carbocycles. The van der Waals surface area contributed by atoms with E-state index in [0.29, 0.717) is 36.7 Å². The van der Waals surface area contributed by atoms with Crippen molar-refractivity contribution in [3.05, 3.63) is 10.6 Å². The zero-order valence-corrected chi connectivity index (χ0v) is 14.3. The smallest absolute Gasteiger partial charge is 0.314 e. The molecule has 1 aromatic heterocycles. The van der Waals surface area contributed by atoms with Crippen molar-refractivity contribution in [1.29, 1.82) is 0 Å². The Hall–Kier alpha value is -1.47. The first-order valence-corrected chi connectivity index (χ1v) is 8.42. The molecule has 7 heteroatoms. The van der Waals surface area contributed by atoms with Gasteiger partial charge in [-0.2, -0.15) is 0 Å². The summed E-state index contributed by atoms with van der Waals surface area (Å²) < 4.78 is 0. The highest BCUT2D eigenvalue weighted by Gasteiger charge is 2.34. The van der Waals surface area contributed by atoms with E-state index >= 15 is 0 Å². The van der Waals surface area contributed by atoms with E-state index in [4.69, 9.17) is 0 Å². The van der Waals surface area contributed by atoms with Gasteiger partial charge in [-0.1, -0.05) is 25.2 Å². The maximum absolute atomic E-state index is 12.4. The summed E-state index contributed by atoms with van der Waals surface area (Å²) in [4.78, 5) is 35.4. The van der Waals surface area contributed by atoms with Gasteiger partial charge in [-0.25, -0.2) is 9.78 Å². The zero-order valence-electron chi connectivity index (χ0n) is 13.5. The lowest BCUT2D eigenvalue weighted by Gasteiger charge is -2.37. The molecule has 0 spiro atoms. The van der Waals surface area contributed by atoms with Crippen LogP contribution in [0.4, 0.5) is 9.93 Å².